The molecule has 0 aromatic heterocycles. The number of ether oxygens (including phenoxy) is 2. The van der Waals surface area contributed by atoms with Gasteiger partial charge in [-0.05, 0) is 12.2 Å². The molecule has 2 amide bonds. The Balaban J connectivity index is 4.58. The molecule has 2 atom stereocenters. The van der Waals surface area contributed by atoms with Gasteiger partial charge in [-0.1, -0.05) is 19.2 Å². The number of nitrogens with one attached hydrogen (secondary N) is 2. The van der Waals surface area contributed by atoms with Crippen LogP contribution in [0.5, 0.6) is 0 Å². The number of hydrogen-bond acceptors (Lipinski definition) is 6. The molecule has 0 saturated heterocycles. The molecular formula is C14H23BN2O6. The average molecular weight is 326 g/mol. The maximum atomic E-state index is 12.0. The number of methoxy groups -OCH3 is 1. The third kappa shape index (κ3) is 8.82. The first-order valence-electron chi connectivity index (χ1n) is 6.93. The van der Waals surface area contributed by atoms with Crippen LogP contribution in [0, 0.1) is 0 Å². The van der Waals surface area contributed by atoms with Gasteiger partial charge < -0.3 is 30.2 Å². The van der Waals surface area contributed by atoms with Crippen molar-refractivity contribution in [1.29, 1.82) is 0 Å². The summed E-state index contributed by atoms with van der Waals surface area (Å²) in [6.07, 6.45) is 5.10. The molecule has 128 valence electrons. The molecule has 8 nitrogen and oxygen atoms in total. The quantitative estimate of drug-likeness (QED) is 0.148. The number of rotatable bonds is 13. The molecule has 9 heteroatoms. The molecule has 0 aliphatic rings. The highest BCUT2D eigenvalue weighted by molar-refractivity contribution is 6.43. The van der Waals surface area contributed by atoms with Gasteiger partial charge >= 0.3 is 7.12 Å². The zero-order valence-electron chi connectivity index (χ0n) is 13.1. The highest BCUT2D eigenvalue weighted by atomic mass is 16.5. The smallest absolute Gasteiger partial charge is 0.475 e. The predicted octanol–water partition coefficient (Wildman–Crippen LogP) is -1.09. The maximum absolute atomic E-state index is 12.0. The lowest BCUT2D eigenvalue weighted by Crippen LogP contribution is -2.54. The Morgan fingerprint density at radius 3 is 2.57 bits per heavy atom. The monoisotopic (exact) mass is 326 g/mol. The van der Waals surface area contributed by atoms with Crippen LogP contribution in [0.1, 0.15) is 6.42 Å². The molecule has 0 heterocycles. The average Bonchev–Trinajstić information content (AvgIpc) is 2.52. The first kappa shape index (κ1) is 20.9. The number of amides is 2. The number of carbonyl (C=O) groups is 2. The van der Waals surface area contributed by atoms with E-state index in [0.29, 0.717) is 12.2 Å². The Labute approximate surface area is 136 Å². The summed E-state index contributed by atoms with van der Waals surface area (Å²) in [5, 5.41) is 23.4. The lowest BCUT2D eigenvalue weighted by Gasteiger charge is -2.21. The number of hydrogen-bond donors (Lipinski definition) is 4. The molecule has 0 saturated carbocycles. The minimum absolute atomic E-state index is 0.0436. The van der Waals surface area contributed by atoms with E-state index in [4.69, 9.17) is 9.47 Å². The normalized spacial score (nSPS) is 13.4. The summed E-state index contributed by atoms with van der Waals surface area (Å²) in [5.74, 6) is -1.09. The van der Waals surface area contributed by atoms with Crippen LogP contribution >= 0.6 is 0 Å². The Hall–Kier alpha value is -2.10. The van der Waals surface area contributed by atoms with E-state index in [-0.39, 0.29) is 19.6 Å². The third-order valence-corrected chi connectivity index (χ3v) is 2.79. The van der Waals surface area contributed by atoms with E-state index in [9.17, 15) is 19.6 Å². The molecule has 0 aromatic carbocycles. The summed E-state index contributed by atoms with van der Waals surface area (Å²) < 4.78 is 10.2. The first-order valence-corrected chi connectivity index (χ1v) is 6.93. The molecule has 0 rings (SSSR count). The molecule has 4 N–H and O–H groups in total. The van der Waals surface area contributed by atoms with Crippen LogP contribution in [-0.2, 0) is 19.1 Å². The Morgan fingerprint density at radius 2 is 2.09 bits per heavy atom. The molecule has 0 fully saturated rings. The fourth-order valence-corrected chi connectivity index (χ4v) is 1.62. The summed E-state index contributed by atoms with van der Waals surface area (Å²) in [6.45, 7) is 7.16. The second-order valence-electron chi connectivity index (χ2n) is 4.47. The molecule has 23 heavy (non-hydrogen) atoms. The van der Waals surface area contributed by atoms with Gasteiger partial charge in [0, 0.05) is 13.5 Å². The van der Waals surface area contributed by atoms with Gasteiger partial charge in [-0.3, -0.25) is 9.59 Å². The van der Waals surface area contributed by atoms with Crippen LogP contribution in [-0.4, -0.2) is 61.8 Å². The fourth-order valence-electron chi connectivity index (χ4n) is 1.62. The van der Waals surface area contributed by atoms with Gasteiger partial charge in [0.2, 0.25) is 12.3 Å². The van der Waals surface area contributed by atoms with Crippen molar-refractivity contribution in [3.8, 4) is 0 Å². The van der Waals surface area contributed by atoms with Crippen molar-refractivity contribution in [1.82, 2.24) is 10.6 Å². The van der Waals surface area contributed by atoms with Crippen molar-refractivity contribution in [3.63, 3.8) is 0 Å². The van der Waals surface area contributed by atoms with Crippen LogP contribution in [0.25, 0.3) is 0 Å². The van der Waals surface area contributed by atoms with Crippen LogP contribution in [0.15, 0.2) is 37.1 Å². The van der Waals surface area contributed by atoms with Gasteiger partial charge in [-0.2, -0.15) is 0 Å². The molecule has 0 aliphatic heterocycles. The van der Waals surface area contributed by atoms with Crippen molar-refractivity contribution < 1.29 is 29.1 Å². The molecule has 0 bridgehead atoms. The largest absolute Gasteiger partial charge is 0.494 e. The summed E-state index contributed by atoms with van der Waals surface area (Å²) in [5.41, 5.74) is 0. The van der Waals surface area contributed by atoms with Crippen molar-refractivity contribution in [2.24, 2.45) is 0 Å². The van der Waals surface area contributed by atoms with Gasteiger partial charge in [-0.15, -0.1) is 0 Å². The third-order valence-electron chi connectivity index (χ3n) is 2.79. The Kier molecular flexibility index (Phi) is 11.3. The lowest BCUT2D eigenvalue weighted by atomic mass is 9.77. The standard InChI is InChI=1S/C14H23BN2O6/c1-4-6-11(5-2)23-8-7-13(15(20)21)17-14(19)12(9-22-3)16-10-18/h4-6,10,12-13,20-21H,1-2,7-9H2,3H3,(H,16,18)(H,17,19)/b11-6+. The number of allylic oxidation sites excluding steroid dienone is 3. The van der Waals surface area contributed by atoms with Crippen molar-refractivity contribution in [3.05, 3.63) is 37.1 Å². The molecule has 0 aliphatic carbocycles. The van der Waals surface area contributed by atoms with E-state index in [2.05, 4.69) is 23.8 Å². The highest BCUT2D eigenvalue weighted by Crippen LogP contribution is 2.03. The van der Waals surface area contributed by atoms with Crippen LogP contribution < -0.4 is 10.6 Å². The summed E-state index contributed by atoms with van der Waals surface area (Å²) in [4.78, 5) is 22.4. The first-order chi connectivity index (χ1) is 11.0. The van der Waals surface area contributed by atoms with E-state index in [1.54, 1.807) is 6.08 Å². The molecule has 0 aromatic rings. The second kappa shape index (κ2) is 12.4. The van der Waals surface area contributed by atoms with Gasteiger partial charge in [0.1, 0.15) is 11.8 Å². The zero-order chi connectivity index (χ0) is 17.7. The van der Waals surface area contributed by atoms with Crippen LogP contribution in [0.2, 0.25) is 0 Å². The van der Waals surface area contributed by atoms with Crippen molar-refractivity contribution in [2.75, 3.05) is 20.3 Å². The molecular weight excluding hydrogens is 303 g/mol. The van der Waals surface area contributed by atoms with Crippen LogP contribution in [0.4, 0.5) is 0 Å². The van der Waals surface area contributed by atoms with Crippen molar-refractivity contribution >= 4 is 19.4 Å². The topological polar surface area (TPSA) is 117 Å². The van der Waals surface area contributed by atoms with E-state index >= 15 is 0 Å². The predicted molar refractivity (Wildman–Crippen MR) is 86.0 cm³/mol. The summed E-state index contributed by atoms with van der Waals surface area (Å²) >= 11 is 0. The molecule has 2 unspecified atom stereocenters. The van der Waals surface area contributed by atoms with Gasteiger partial charge in [0.15, 0.2) is 0 Å². The SMILES string of the molecule is C=C/C=C(\C=C)OCCC(NC(=O)C(COC)NC=O)B(O)O. The number of carbonyl (C=O) groups excluding carboxylic acids is 2. The summed E-state index contributed by atoms with van der Waals surface area (Å²) in [6, 6.07) is -0.927. The van der Waals surface area contributed by atoms with Crippen LogP contribution in [0.3, 0.4) is 0 Å². The van der Waals surface area contributed by atoms with Crippen molar-refractivity contribution in [2.45, 2.75) is 18.4 Å². The van der Waals surface area contributed by atoms with E-state index in [1.165, 1.54) is 19.3 Å². The molecule has 0 radical (unpaired) electrons. The van der Waals surface area contributed by atoms with E-state index in [1.807, 2.05) is 0 Å². The highest BCUT2D eigenvalue weighted by Gasteiger charge is 2.28. The lowest BCUT2D eigenvalue weighted by molar-refractivity contribution is -0.127. The summed E-state index contributed by atoms with van der Waals surface area (Å²) in [7, 11) is -0.403. The minimum atomic E-state index is -1.78. The Bertz CT molecular complexity index is 427. The van der Waals surface area contributed by atoms with Gasteiger partial charge in [0.05, 0.1) is 19.2 Å². The zero-order valence-corrected chi connectivity index (χ0v) is 13.1. The molecule has 0 spiro atoms. The Morgan fingerprint density at radius 1 is 1.39 bits per heavy atom. The fraction of sp³-hybridized carbons (Fsp3) is 0.429. The second-order valence-corrected chi connectivity index (χ2v) is 4.47. The minimum Gasteiger partial charge on any atom is -0.494 e. The van der Waals surface area contributed by atoms with Gasteiger partial charge in [-0.25, -0.2) is 0 Å². The van der Waals surface area contributed by atoms with E-state index < -0.39 is 25.0 Å². The van der Waals surface area contributed by atoms with Gasteiger partial charge in [0.25, 0.3) is 0 Å². The maximum Gasteiger partial charge on any atom is 0.475 e. The van der Waals surface area contributed by atoms with E-state index in [0.717, 1.165) is 0 Å².